The minimum Gasteiger partial charge on any atom is -0.480 e. The number of carboxylic acid groups (broad SMARTS) is 1. The molecule has 0 heterocycles. The van der Waals surface area contributed by atoms with Crippen LogP contribution in [-0.2, 0) is 9.59 Å². The first kappa shape index (κ1) is 16.4. The van der Waals surface area contributed by atoms with E-state index in [0.29, 0.717) is 0 Å². The Morgan fingerprint density at radius 2 is 1.83 bits per heavy atom. The quantitative estimate of drug-likeness (QED) is 0.614. The number of aliphatic hydroxyl groups is 1. The average molecular weight is 256 g/mol. The third-order valence-corrected chi connectivity index (χ3v) is 2.42. The van der Waals surface area contributed by atoms with Crippen LogP contribution in [0, 0.1) is 23.2 Å². The molecule has 0 aromatic carbocycles. The van der Waals surface area contributed by atoms with Gasteiger partial charge in [-0.05, 0) is 25.7 Å². The summed E-state index contributed by atoms with van der Waals surface area (Å²) in [7, 11) is 0. The standard InChI is InChI=1S/C12H20N2O4/c1-7(2)4-10(15)11(16)14-9(12(17)18)5-8(3)6-13/h7-10,15H,4-5H2,1-3H3,(H,14,16)(H,17,18)/t8-,9+,10+/m0/s1. The molecule has 18 heavy (non-hydrogen) atoms. The number of aliphatic carboxylic acids is 1. The third kappa shape index (κ3) is 6.21. The molecule has 0 fully saturated rings. The number of hydrogen-bond donors (Lipinski definition) is 3. The first-order chi connectivity index (χ1) is 8.27. The van der Waals surface area contributed by atoms with Crippen LogP contribution in [0.4, 0.5) is 0 Å². The van der Waals surface area contributed by atoms with E-state index in [1.165, 1.54) is 0 Å². The van der Waals surface area contributed by atoms with Gasteiger partial charge in [0.15, 0.2) is 0 Å². The Bertz CT molecular complexity index is 335. The Hall–Kier alpha value is -1.61. The van der Waals surface area contributed by atoms with Crippen LogP contribution in [0.5, 0.6) is 0 Å². The van der Waals surface area contributed by atoms with Crippen LogP contribution in [0.2, 0.25) is 0 Å². The van der Waals surface area contributed by atoms with Crippen LogP contribution in [0.15, 0.2) is 0 Å². The fraction of sp³-hybridized carbons (Fsp3) is 0.750. The number of hydrogen-bond acceptors (Lipinski definition) is 4. The molecule has 6 nitrogen and oxygen atoms in total. The molecule has 0 aromatic rings. The lowest BCUT2D eigenvalue weighted by molar-refractivity contribution is -0.144. The van der Waals surface area contributed by atoms with Crippen LogP contribution >= 0.6 is 0 Å². The number of rotatable bonds is 7. The van der Waals surface area contributed by atoms with Crippen molar-refractivity contribution in [1.29, 1.82) is 5.26 Å². The molecule has 0 saturated heterocycles. The molecule has 0 aromatic heterocycles. The molecular formula is C12H20N2O4. The molecule has 3 atom stereocenters. The summed E-state index contributed by atoms with van der Waals surface area (Å²) < 4.78 is 0. The summed E-state index contributed by atoms with van der Waals surface area (Å²) in [4.78, 5) is 22.5. The summed E-state index contributed by atoms with van der Waals surface area (Å²) in [6.07, 6.45) is -0.929. The number of amides is 1. The van der Waals surface area contributed by atoms with E-state index in [1.54, 1.807) is 6.92 Å². The summed E-state index contributed by atoms with van der Waals surface area (Å²) in [5.74, 6) is -2.26. The van der Waals surface area contributed by atoms with Gasteiger partial charge in [0.2, 0.25) is 5.91 Å². The Labute approximate surface area is 107 Å². The van der Waals surface area contributed by atoms with E-state index in [1.807, 2.05) is 19.9 Å². The van der Waals surface area contributed by atoms with Crippen molar-refractivity contribution in [3.63, 3.8) is 0 Å². The maximum absolute atomic E-state index is 11.6. The van der Waals surface area contributed by atoms with Crippen molar-refractivity contribution >= 4 is 11.9 Å². The van der Waals surface area contributed by atoms with Crippen molar-refractivity contribution in [1.82, 2.24) is 5.32 Å². The summed E-state index contributed by atoms with van der Waals surface area (Å²) in [6, 6.07) is 0.763. The first-order valence-electron chi connectivity index (χ1n) is 5.88. The van der Waals surface area contributed by atoms with Gasteiger partial charge in [0.25, 0.3) is 0 Å². The first-order valence-corrected chi connectivity index (χ1v) is 5.88. The van der Waals surface area contributed by atoms with Crippen LogP contribution < -0.4 is 5.32 Å². The molecular weight excluding hydrogens is 236 g/mol. The number of nitrogens with zero attached hydrogens (tertiary/aromatic N) is 1. The molecule has 0 bridgehead atoms. The predicted molar refractivity (Wildman–Crippen MR) is 64.4 cm³/mol. The van der Waals surface area contributed by atoms with Crippen molar-refractivity contribution in [2.45, 2.75) is 45.8 Å². The molecule has 3 N–H and O–H groups in total. The van der Waals surface area contributed by atoms with Gasteiger partial charge in [0.05, 0.1) is 6.07 Å². The second-order valence-electron chi connectivity index (χ2n) is 4.81. The minimum absolute atomic E-state index is 0.0198. The highest BCUT2D eigenvalue weighted by molar-refractivity contribution is 5.86. The third-order valence-electron chi connectivity index (χ3n) is 2.42. The molecule has 0 aliphatic rings. The van der Waals surface area contributed by atoms with Gasteiger partial charge in [0, 0.05) is 5.92 Å². The van der Waals surface area contributed by atoms with Gasteiger partial charge in [-0.15, -0.1) is 0 Å². The fourth-order valence-electron chi connectivity index (χ4n) is 1.45. The molecule has 1 amide bonds. The van der Waals surface area contributed by atoms with Gasteiger partial charge >= 0.3 is 5.97 Å². The zero-order chi connectivity index (χ0) is 14.3. The van der Waals surface area contributed by atoms with Crippen LogP contribution in [0.25, 0.3) is 0 Å². The normalized spacial score (nSPS) is 15.6. The van der Waals surface area contributed by atoms with Gasteiger partial charge in [-0.1, -0.05) is 13.8 Å². The minimum atomic E-state index is -1.22. The highest BCUT2D eigenvalue weighted by Crippen LogP contribution is 2.08. The SMILES string of the molecule is CC(C)C[C@@H](O)C(=O)N[C@H](C[C@H](C)C#N)C(=O)O. The van der Waals surface area contributed by atoms with E-state index in [2.05, 4.69) is 5.32 Å². The van der Waals surface area contributed by atoms with Gasteiger partial charge < -0.3 is 15.5 Å². The maximum Gasteiger partial charge on any atom is 0.326 e. The van der Waals surface area contributed by atoms with Gasteiger partial charge in [-0.3, -0.25) is 4.79 Å². The molecule has 0 radical (unpaired) electrons. The zero-order valence-corrected chi connectivity index (χ0v) is 10.9. The smallest absolute Gasteiger partial charge is 0.326 e. The molecule has 0 rings (SSSR count). The van der Waals surface area contributed by atoms with Gasteiger partial charge in [-0.2, -0.15) is 5.26 Å². The molecule has 102 valence electrons. The Morgan fingerprint density at radius 3 is 2.22 bits per heavy atom. The van der Waals surface area contributed by atoms with E-state index in [4.69, 9.17) is 10.4 Å². The maximum atomic E-state index is 11.6. The summed E-state index contributed by atoms with van der Waals surface area (Å²) in [5.41, 5.74) is 0. The van der Waals surface area contributed by atoms with E-state index in [-0.39, 0.29) is 18.8 Å². The Balaban J connectivity index is 4.46. The fourth-order valence-corrected chi connectivity index (χ4v) is 1.45. The number of carbonyl (C=O) groups excluding carboxylic acids is 1. The highest BCUT2D eigenvalue weighted by atomic mass is 16.4. The van der Waals surface area contributed by atoms with E-state index < -0.39 is 29.9 Å². The number of nitrogens with one attached hydrogen (secondary N) is 1. The Morgan fingerprint density at radius 1 is 1.28 bits per heavy atom. The lowest BCUT2D eigenvalue weighted by Gasteiger charge is -2.18. The van der Waals surface area contributed by atoms with Crippen LogP contribution in [-0.4, -0.2) is 34.2 Å². The lowest BCUT2D eigenvalue weighted by Crippen LogP contribution is -2.46. The second kappa shape index (κ2) is 7.67. The topological polar surface area (TPSA) is 110 Å². The highest BCUT2D eigenvalue weighted by Gasteiger charge is 2.25. The molecule has 0 aliphatic carbocycles. The summed E-state index contributed by atoms with van der Waals surface area (Å²) in [6.45, 7) is 5.28. The average Bonchev–Trinajstić information content (AvgIpc) is 2.26. The zero-order valence-electron chi connectivity index (χ0n) is 10.9. The number of carbonyl (C=O) groups is 2. The van der Waals surface area contributed by atoms with Crippen LogP contribution in [0.1, 0.15) is 33.6 Å². The summed E-state index contributed by atoms with van der Waals surface area (Å²) in [5, 5.41) is 29.3. The molecule has 0 unspecified atom stereocenters. The largest absolute Gasteiger partial charge is 0.480 e. The predicted octanol–water partition coefficient (Wildman–Crippen LogP) is 0.513. The number of aliphatic hydroxyl groups excluding tert-OH is 1. The van der Waals surface area contributed by atoms with Crippen molar-refractivity contribution in [2.24, 2.45) is 11.8 Å². The summed E-state index contributed by atoms with van der Waals surface area (Å²) >= 11 is 0. The van der Waals surface area contributed by atoms with Crippen molar-refractivity contribution in [3.8, 4) is 6.07 Å². The lowest BCUT2D eigenvalue weighted by atomic mass is 10.0. The van der Waals surface area contributed by atoms with Crippen molar-refractivity contribution < 1.29 is 19.8 Å². The van der Waals surface area contributed by atoms with E-state index in [0.717, 1.165) is 0 Å². The molecule has 0 spiro atoms. The second-order valence-corrected chi connectivity index (χ2v) is 4.81. The van der Waals surface area contributed by atoms with Gasteiger partial charge in [0.1, 0.15) is 12.1 Å². The van der Waals surface area contributed by atoms with Crippen molar-refractivity contribution in [2.75, 3.05) is 0 Å². The van der Waals surface area contributed by atoms with Crippen LogP contribution in [0.3, 0.4) is 0 Å². The van der Waals surface area contributed by atoms with E-state index in [9.17, 15) is 14.7 Å². The number of carboxylic acids is 1. The van der Waals surface area contributed by atoms with Crippen molar-refractivity contribution in [3.05, 3.63) is 0 Å². The van der Waals surface area contributed by atoms with E-state index >= 15 is 0 Å². The molecule has 6 heteroatoms. The Kier molecular flexibility index (Phi) is 6.98. The number of nitriles is 1. The molecule has 0 saturated carbocycles. The molecule has 0 aliphatic heterocycles. The monoisotopic (exact) mass is 256 g/mol. The van der Waals surface area contributed by atoms with Gasteiger partial charge in [-0.25, -0.2) is 4.79 Å².